The van der Waals surface area contributed by atoms with Crippen LogP contribution in [-0.4, -0.2) is 33.4 Å². The summed E-state index contributed by atoms with van der Waals surface area (Å²) in [6, 6.07) is 0.250. The molecule has 0 bridgehead atoms. The van der Waals surface area contributed by atoms with Crippen molar-refractivity contribution in [1.82, 2.24) is 14.9 Å². The molecule has 2 unspecified atom stereocenters. The van der Waals surface area contributed by atoms with Gasteiger partial charge >= 0.3 is 0 Å². The molecule has 1 aliphatic rings. The Morgan fingerprint density at radius 3 is 2.83 bits per heavy atom. The summed E-state index contributed by atoms with van der Waals surface area (Å²) < 4.78 is 0. The number of anilines is 1. The van der Waals surface area contributed by atoms with Crippen molar-refractivity contribution in [1.29, 1.82) is 0 Å². The van der Waals surface area contributed by atoms with E-state index in [0.717, 1.165) is 13.0 Å². The number of aromatic nitrogens is 2. The second-order valence-electron chi connectivity index (χ2n) is 4.79. The van der Waals surface area contributed by atoms with Crippen LogP contribution in [0, 0.1) is 5.92 Å². The molecule has 0 spiro atoms. The van der Waals surface area contributed by atoms with Crippen molar-refractivity contribution in [2.24, 2.45) is 11.8 Å². The van der Waals surface area contributed by atoms with Crippen LogP contribution in [0.1, 0.15) is 37.2 Å². The molecule has 6 heteroatoms. The normalized spacial score (nSPS) is 23.8. The largest absolute Gasteiger partial charge is 0.334 e. The first kappa shape index (κ1) is 12.8. The molecule has 2 rings (SSSR count). The molecule has 1 saturated heterocycles. The van der Waals surface area contributed by atoms with E-state index in [2.05, 4.69) is 29.2 Å². The van der Waals surface area contributed by atoms with Crippen molar-refractivity contribution in [2.45, 2.75) is 32.7 Å². The summed E-state index contributed by atoms with van der Waals surface area (Å²) >= 11 is 0. The van der Waals surface area contributed by atoms with E-state index < -0.39 is 0 Å². The van der Waals surface area contributed by atoms with E-state index in [1.165, 1.54) is 18.8 Å². The molecule has 0 radical (unpaired) electrons. The lowest BCUT2D eigenvalue weighted by molar-refractivity contribution is 0.0544. The molecular formula is C12H19N5O. The molecule has 3 N–H and O–H groups in total. The monoisotopic (exact) mass is 249 g/mol. The molecule has 1 aromatic heterocycles. The van der Waals surface area contributed by atoms with Gasteiger partial charge in [0.05, 0.1) is 12.4 Å². The molecule has 2 atom stereocenters. The lowest BCUT2D eigenvalue weighted by Gasteiger charge is -2.37. The van der Waals surface area contributed by atoms with E-state index in [0.29, 0.717) is 17.4 Å². The maximum absolute atomic E-state index is 12.3. The van der Waals surface area contributed by atoms with Crippen LogP contribution < -0.4 is 11.3 Å². The smallest absolute Gasteiger partial charge is 0.274 e. The number of amides is 1. The minimum absolute atomic E-state index is 0.0508. The molecule has 0 aromatic carbocycles. The molecular weight excluding hydrogens is 230 g/mol. The lowest BCUT2D eigenvalue weighted by atomic mass is 9.92. The fraction of sp³-hybridized carbons (Fsp3) is 0.583. The van der Waals surface area contributed by atoms with Gasteiger partial charge in [-0.1, -0.05) is 6.92 Å². The zero-order valence-corrected chi connectivity index (χ0v) is 10.8. The number of piperidine rings is 1. The summed E-state index contributed by atoms with van der Waals surface area (Å²) in [5.41, 5.74) is 2.76. The fourth-order valence-corrected chi connectivity index (χ4v) is 2.28. The summed E-state index contributed by atoms with van der Waals surface area (Å²) in [5, 5.41) is 0. The Kier molecular flexibility index (Phi) is 3.76. The van der Waals surface area contributed by atoms with Crippen molar-refractivity contribution in [3.8, 4) is 0 Å². The van der Waals surface area contributed by atoms with E-state index in [-0.39, 0.29) is 11.9 Å². The number of rotatable bonds is 2. The molecule has 2 heterocycles. The number of hydrazine groups is 1. The first-order valence-corrected chi connectivity index (χ1v) is 6.23. The summed E-state index contributed by atoms with van der Waals surface area (Å²) in [4.78, 5) is 22.3. The topological polar surface area (TPSA) is 84.1 Å². The second-order valence-corrected chi connectivity index (χ2v) is 4.79. The van der Waals surface area contributed by atoms with Gasteiger partial charge in [0.1, 0.15) is 5.69 Å². The Bertz CT molecular complexity index is 419. The number of carbonyl (C=O) groups is 1. The van der Waals surface area contributed by atoms with Gasteiger partial charge in [0.15, 0.2) is 5.82 Å². The van der Waals surface area contributed by atoms with E-state index in [1.807, 2.05) is 4.90 Å². The number of hydrogen-bond donors (Lipinski definition) is 2. The van der Waals surface area contributed by atoms with Gasteiger partial charge in [-0.2, -0.15) is 0 Å². The Hall–Kier alpha value is -1.69. The van der Waals surface area contributed by atoms with Gasteiger partial charge in [0, 0.05) is 12.6 Å². The summed E-state index contributed by atoms with van der Waals surface area (Å²) in [6.45, 7) is 5.06. The van der Waals surface area contributed by atoms with Crippen LogP contribution in [0.25, 0.3) is 0 Å². The Balaban J connectivity index is 2.14. The Morgan fingerprint density at radius 2 is 2.22 bits per heavy atom. The number of carbonyl (C=O) groups excluding carboxylic acids is 1. The Morgan fingerprint density at radius 1 is 1.44 bits per heavy atom. The molecule has 6 nitrogen and oxygen atoms in total. The third-order valence-electron chi connectivity index (χ3n) is 3.65. The third-order valence-corrected chi connectivity index (χ3v) is 3.65. The zero-order valence-electron chi connectivity index (χ0n) is 10.8. The maximum Gasteiger partial charge on any atom is 0.274 e. The van der Waals surface area contributed by atoms with E-state index in [4.69, 9.17) is 5.84 Å². The van der Waals surface area contributed by atoms with Gasteiger partial charge in [-0.25, -0.2) is 15.8 Å². The quantitative estimate of drug-likeness (QED) is 0.604. The number of nitrogens with two attached hydrogens (primary N) is 1. The molecule has 1 aliphatic heterocycles. The number of likely N-dealkylation sites (tertiary alicyclic amines) is 1. The summed E-state index contributed by atoms with van der Waals surface area (Å²) in [5.74, 6) is 6.14. The predicted molar refractivity (Wildman–Crippen MR) is 68.7 cm³/mol. The first-order valence-electron chi connectivity index (χ1n) is 6.23. The highest BCUT2D eigenvalue weighted by molar-refractivity contribution is 5.92. The average molecular weight is 249 g/mol. The SMILES string of the molecule is CC1CCCN(C(=O)c2cnc(NN)cn2)C1C. The minimum Gasteiger partial charge on any atom is -0.334 e. The van der Waals surface area contributed by atoms with Crippen LogP contribution in [0.4, 0.5) is 5.82 Å². The van der Waals surface area contributed by atoms with Crippen LogP contribution in [0.2, 0.25) is 0 Å². The number of nitrogen functional groups attached to an aromatic ring is 1. The van der Waals surface area contributed by atoms with Crippen molar-refractivity contribution >= 4 is 11.7 Å². The molecule has 18 heavy (non-hydrogen) atoms. The lowest BCUT2D eigenvalue weighted by Crippen LogP contribution is -2.46. The van der Waals surface area contributed by atoms with Crippen LogP contribution in [-0.2, 0) is 0 Å². The minimum atomic E-state index is -0.0508. The summed E-state index contributed by atoms with van der Waals surface area (Å²) in [7, 11) is 0. The molecule has 98 valence electrons. The van der Waals surface area contributed by atoms with Crippen LogP contribution >= 0.6 is 0 Å². The van der Waals surface area contributed by atoms with Gasteiger partial charge in [0.2, 0.25) is 0 Å². The van der Waals surface area contributed by atoms with Gasteiger partial charge in [0.25, 0.3) is 5.91 Å². The predicted octanol–water partition coefficient (Wildman–Crippen LogP) is 1.02. The molecule has 1 amide bonds. The maximum atomic E-state index is 12.3. The average Bonchev–Trinajstić information content (AvgIpc) is 2.41. The molecule has 0 aliphatic carbocycles. The van der Waals surface area contributed by atoms with Crippen molar-refractivity contribution in [2.75, 3.05) is 12.0 Å². The van der Waals surface area contributed by atoms with Gasteiger partial charge in [-0.3, -0.25) is 4.79 Å². The van der Waals surface area contributed by atoms with E-state index in [1.54, 1.807) is 0 Å². The van der Waals surface area contributed by atoms with Gasteiger partial charge in [-0.15, -0.1) is 0 Å². The van der Waals surface area contributed by atoms with E-state index in [9.17, 15) is 4.79 Å². The Labute approximate surface area is 107 Å². The standard InChI is InChI=1S/C12H19N5O/c1-8-4-3-5-17(9(8)2)12(18)10-6-15-11(16-13)7-14-10/h6-9H,3-5,13H2,1-2H3,(H,15,16). The fourth-order valence-electron chi connectivity index (χ4n) is 2.28. The number of hydrogen-bond acceptors (Lipinski definition) is 5. The van der Waals surface area contributed by atoms with Crippen molar-refractivity contribution < 1.29 is 4.79 Å². The molecule has 1 aromatic rings. The third kappa shape index (κ3) is 2.43. The number of nitrogens with one attached hydrogen (secondary N) is 1. The molecule has 1 fully saturated rings. The van der Waals surface area contributed by atoms with Crippen LogP contribution in [0.3, 0.4) is 0 Å². The highest BCUT2D eigenvalue weighted by Crippen LogP contribution is 2.24. The first-order chi connectivity index (χ1) is 8.63. The highest BCUT2D eigenvalue weighted by Gasteiger charge is 2.29. The van der Waals surface area contributed by atoms with Crippen molar-refractivity contribution in [3.05, 3.63) is 18.1 Å². The van der Waals surface area contributed by atoms with Crippen LogP contribution in [0.15, 0.2) is 12.4 Å². The van der Waals surface area contributed by atoms with Gasteiger partial charge < -0.3 is 10.3 Å². The van der Waals surface area contributed by atoms with Gasteiger partial charge in [-0.05, 0) is 25.7 Å². The second kappa shape index (κ2) is 5.30. The van der Waals surface area contributed by atoms with Crippen LogP contribution in [0.5, 0.6) is 0 Å². The summed E-state index contributed by atoms with van der Waals surface area (Å²) in [6.07, 6.45) is 5.15. The van der Waals surface area contributed by atoms with E-state index >= 15 is 0 Å². The van der Waals surface area contributed by atoms with Crippen molar-refractivity contribution in [3.63, 3.8) is 0 Å². The molecule has 0 saturated carbocycles. The number of nitrogens with zero attached hydrogens (tertiary/aromatic N) is 3. The zero-order chi connectivity index (χ0) is 13.1. The highest BCUT2D eigenvalue weighted by atomic mass is 16.2.